The van der Waals surface area contributed by atoms with Crippen LogP contribution in [0.2, 0.25) is 0 Å². The van der Waals surface area contributed by atoms with Gasteiger partial charge in [-0.3, -0.25) is 9.59 Å². The van der Waals surface area contributed by atoms with E-state index in [2.05, 4.69) is 10.6 Å². The number of amides is 4. The van der Waals surface area contributed by atoms with E-state index in [0.29, 0.717) is 21.8 Å². The van der Waals surface area contributed by atoms with Gasteiger partial charge in [-0.2, -0.15) is 0 Å². The van der Waals surface area contributed by atoms with Crippen LogP contribution in [0.5, 0.6) is 0 Å². The first-order valence-corrected chi connectivity index (χ1v) is 10.4. The Morgan fingerprint density at radius 1 is 1.14 bits per heavy atom. The van der Waals surface area contributed by atoms with Crippen molar-refractivity contribution in [3.05, 3.63) is 83.0 Å². The molecule has 0 saturated carbocycles. The largest absolute Gasteiger partial charge is 0.465 e. The Hall–Kier alpha value is -4.73. The van der Waals surface area contributed by atoms with E-state index in [0.717, 1.165) is 5.56 Å². The fourth-order valence-corrected chi connectivity index (χ4v) is 3.46. The number of furan rings is 1. The minimum Gasteiger partial charge on any atom is -0.465 e. The van der Waals surface area contributed by atoms with Gasteiger partial charge in [-0.15, -0.1) is 0 Å². The van der Waals surface area contributed by atoms with Crippen LogP contribution in [-0.2, 0) is 14.3 Å². The summed E-state index contributed by atoms with van der Waals surface area (Å²) >= 11 is 0. The first kappa shape index (κ1) is 23.4. The first-order valence-electron chi connectivity index (χ1n) is 10.4. The summed E-state index contributed by atoms with van der Waals surface area (Å²) in [4.78, 5) is 49.7. The molecule has 35 heavy (non-hydrogen) atoms. The molecule has 2 heterocycles. The van der Waals surface area contributed by atoms with Crippen LogP contribution in [-0.4, -0.2) is 42.4 Å². The number of aryl methyl sites for hydroxylation is 1. The molecular weight excluding hydrogens is 457 g/mol. The van der Waals surface area contributed by atoms with Crippen LogP contribution in [0.4, 0.5) is 14.9 Å². The number of hydrogen-bond donors (Lipinski definition) is 2. The summed E-state index contributed by atoms with van der Waals surface area (Å²) in [6, 6.07) is 13.0. The molecule has 1 fully saturated rings. The lowest BCUT2D eigenvalue weighted by Gasteiger charge is -2.12. The van der Waals surface area contributed by atoms with Gasteiger partial charge in [0.05, 0.1) is 18.4 Å². The van der Waals surface area contributed by atoms with Crippen molar-refractivity contribution in [2.24, 2.45) is 0 Å². The highest BCUT2D eigenvalue weighted by atomic mass is 19.1. The van der Waals surface area contributed by atoms with E-state index in [4.69, 9.17) is 9.15 Å². The topological polar surface area (TPSA) is 118 Å². The first-order chi connectivity index (χ1) is 16.8. The van der Waals surface area contributed by atoms with Crippen molar-refractivity contribution in [3.8, 4) is 11.3 Å². The van der Waals surface area contributed by atoms with E-state index in [1.54, 1.807) is 30.3 Å². The van der Waals surface area contributed by atoms with E-state index in [-0.39, 0.29) is 17.1 Å². The van der Waals surface area contributed by atoms with Crippen LogP contribution in [0.1, 0.15) is 21.7 Å². The normalized spacial score (nSPS) is 14.3. The zero-order valence-electron chi connectivity index (χ0n) is 18.8. The molecule has 1 aromatic heterocycles. The molecular formula is C25H20FN3O6. The van der Waals surface area contributed by atoms with Crippen LogP contribution >= 0.6 is 0 Å². The Balaban J connectivity index is 1.49. The second-order valence-electron chi connectivity index (χ2n) is 7.63. The Kier molecular flexibility index (Phi) is 6.45. The number of imide groups is 1. The quantitative estimate of drug-likeness (QED) is 0.318. The van der Waals surface area contributed by atoms with Crippen molar-refractivity contribution in [2.45, 2.75) is 6.92 Å². The fourth-order valence-electron chi connectivity index (χ4n) is 3.46. The van der Waals surface area contributed by atoms with Gasteiger partial charge in [0.15, 0.2) is 0 Å². The maximum absolute atomic E-state index is 13.7. The van der Waals surface area contributed by atoms with Crippen molar-refractivity contribution in [1.82, 2.24) is 10.2 Å². The number of urea groups is 1. The van der Waals surface area contributed by atoms with E-state index in [9.17, 15) is 23.6 Å². The smallest absolute Gasteiger partial charge is 0.337 e. The highest BCUT2D eigenvalue weighted by molar-refractivity contribution is 6.15. The Bertz CT molecular complexity index is 1380. The molecule has 3 aromatic rings. The van der Waals surface area contributed by atoms with Crippen molar-refractivity contribution in [3.63, 3.8) is 0 Å². The maximum Gasteiger partial charge on any atom is 0.337 e. The summed E-state index contributed by atoms with van der Waals surface area (Å²) in [5.41, 5.74) is 1.71. The highest BCUT2D eigenvalue weighted by Gasteiger charge is 2.35. The van der Waals surface area contributed by atoms with Crippen LogP contribution < -0.4 is 10.6 Å². The number of hydrogen-bond acceptors (Lipinski definition) is 6. The van der Waals surface area contributed by atoms with E-state index in [1.165, 1.54) is 37.5 Å². The zero-order valence-corrected chi connectivity index (χ0v) is 18.8. The van der Waals surface area contributed by atoms with Crippen LogP contribution in [0, 0.1) is 12.7 Å². The molecule has 1 aliphatic heterocycles. The number of ether oxygens (including phenoxy) is 1. The van der Waals surface area contributed by atoms with Gasteiger partial charge in [0, 0.05) is 11.6 Å². The summed E-state index contributed by atoms with van der Waals surface area (Å²) in [6.07, 6.45) is 1.33. The number of anilines is 1. The number of para-hydroxylation sites is 1. The van der Waals surface area contributed by atoms with Gasteiger partial charge in [-0.1, -0.05) is 18.2 Å². The monoisotopic (exact) mass is 477 g/mol. The SMILES string of the molecule is COC(=O)c1ccc(C)c(-c2ccc(/C=C3/NC(=O)N(CC(=O)Nc4ccccc4F)C3=O)o2)c1. The van der Waals surface area contributed by atoms with Gasteiger partial charge in [0.25, 0.3) is 5.91 Å². The maximum atomic E-state index is 13.7. The van der Waals surface area contributed by atoms with Crippen LogP contribution in [0.15, 0.2) is 64.7 Å². The average molecular weight is 477 g/mol. The summed E-state index contributed by atoms with van der Waals surface area (Å²) in [6.45, 7) is 1.25. The molecule has 0 spiro atoms. The molecule has 0 unspecified atom stereocenters. The average Bonchev–Trinajstić information content (AvgIpc) is 3.40. The number of rotatable bonds is 6. The molecule has 0 atom stereocenters. The molecule has 178 valence electrons. The second kappa shape index (κ2) is 9.64. The van der Waals surface area contributed by atoms with Gasteiger partial charge >= 0.3 is 12.0 Å². The Morgan fingerprint density at radius 2 is 1.91 bits per heavy atom. The minimum absolute atomic E-state index is 0.0602. The van der Waals surface area contributed by atoms with Gasteiger partial charge in [0.2, 0.25) is 5.91 Å². The molecule has 2 aromatic carbocycles. The molecule has 10 heteroatoms. The lowest BCUT2D eigenvalue weighted by Crippen LogP contribution is -2.38. The predicted molar refractivity (Wildman–Crippen MR) is 123 cm³/mol. The molecule has 0 aliphatic carbocycles. The van der Waals surface area contributed by atoms with Crippen molar-refractivity contribution in [2.75, 3.05) is 19.0 Å². The third kappa shape index (κ3) is 4.96. The summed E-state index contributed by atoms with van der Waals surface area (Å²) in [7, 11) is 1.29. The van der Waals surface area contributed by atoms with Crippen molar-refractivity contribution >= 4 is 35.6 Å². The number of esters is 1. The summed E-state index contributed by atoms with van der Waals surface area (Å²) < 4.78 is 24.3. The Labute approximate surface area is 199 Å². The number of halogens is 1. The van der Waals surface area contributed by atoms with Gasteiger partial charge in [-0.05, 0) is 48.9 Å². The van der Waals surface area contributed by atoms with Gasteiger partial charge in [0.1, 0.15) is 29.6 Å². The molecule has 0 radical (unpaired) electrons. The van der Waals surface area contributed by atoms with Gasteiger partial charge in [-0.25, -0.2) is 18.9 Å². The van der Waals surface area contributed by atoms with E-state index in [1.807, 2.05) is 6.92 Å². The highest BCUT2D eigenvalue weighted by Crippen LogP contribution is 2.28. The van der Waals surface area contributed by atoms with E-state index >= 15 is 0 Å². The molecule has 4 rings (SSSR count). The minimum atomic E-state index is -0.793. The predicted octanol–water partition coefficient (Wildman–Crippen LogP) is 3.71. The van der Waals surface area contributed by atoms with Crippen LogP contribution in [0.25, 0.3) is 17.4 Å². The molecule has 9 nitrogen and oxygen atoms in total. The molecule has 4 amide bonds. The molecule has 1 aliphatic rings. The van der Waals surface area contributed by atoms with Gasteiger partial charge < -0.3 is 19.8 Å². The number of carbonyl (C=O) groups is 4. The standard InChI is InChI=1S/C25H20FN3O6/c1-14-7-8-15(24(32)34-2)11-17(14)21-10-9-16(35-21)12-20-23(31)29(25(33)28-20)13-22(30)27-19-6-4-3-5-18(19)26/h3-12H,13H2,1-2H3,(H,27,30)(H,28,33)/b20-12+. The molecule has 1 saturated heterocycles. The lowest BCUT2D eigenvalue weighted by atomic mass is 10.0. The van der Waals surface area contributed by atoms with E-state index < -0.39 is 36.2 Å². The number of carbonyl (C=O) groups excluding carboxylic acids is 4. The van der Waals surface area contributed by atoms with Crippen molar-refractivity contribution < 1.29 is 32.7 Å². The summed E-state index contributed by atoms with van der Waals surface area (Å²) in [5, 5.41) is 4.73. The second-order valence-corrected chi connectivity index (χ2v) is 7.63. The number of nitrogens with zero attached hydrogens (tertiary/aromatic N) is 1. The zero-order chi connectivity index (χ0) is 25.1. The number of methoxy groups -OCH3 is 1. The number of nitrogens with one attached hydrogen (secondary N) is 2. The van der Waals surface area contributed by atoms with Crippen LogP contribution in [0.3, 0.4) is 0 Å². The van der Waals surface area contributed by atoms with Crippen molar-refractivity contribution in [1.29, 1.82) is 0 Å². The lowest BCUT2D eigenvalue weighted by molar-refractivity contribution is -0.127. The molecule has 0 bridgehead atoms. The summed E-state index contributed by atoms with van der Waals surface area (Å²) in [5.74, 6) is -1.89. The molecule has 2 N–H and O–H groups in total. The third-order valence-corrected chi connectivity index (χ3v) is 5.25. The number of benzene rings is 2. The third-order valence-electron chi connectivity index (χ3n) is 5.25. The fraction of sp³-hybridized carbons (Fsp3) is 0.120. The Morgan fingerprint density at radius 3 is 2.66 bits per heavy atom.